The molecule has 5 atom stereocenters. The molecule has 268 valence electrons. The third-order valence-corrected chi connectivity index (χ3v) is 43.6. The van der Waals surface area contributed by atoms with Crippen LogP contribution in [0.15, 0.2) is 54.6 Å². The molecule has 0 amide bonds. The summed E-state index contributed by atoms with van der Waals surface area (Å²) < 4.78 is -7.21. The largest absolute Gasteiger partial charge is 0.129 e. The molecule has 0 aliphatic heterocycles. The van der Waals surface area contributed by atoms with E-state index >= 15 is 0 Å². The minimum absolute atomic E-state index is 0.139. The minimum atomic E-state index is -0.911. The van der Waals surface area contributed by atoms with Gasteiger partial charge in [0.1, 0.15) is 28.0 Å². The predicted octanol–water partition coefficient (Wildman–Crippen LogP) is 18.4. The van der Waals surface area contributed by atoms with Crippen LogP contribution < -0.4 is 0 Å². The third-order valence-electron chi connectivity index (χ3n) is 10.4. The first kappa shape index (κ1) is 44.2. The standard InChI is InChI=1S/C33H24Br16/c1-16(7-3-2-4-8-17-11-12-18-9-5-6-10-19(18)15-17)25(35)21-14-13-20-22-23(21)27(37,31(44,45)29(25,40)41)33(48,49)32(46,47)26(22,36)30(42,43)28(38,39)24(20)34/h5-6,9-16,24H,2-4,7-8H2,1H3. The van der Waals surface area contributed by atoms with Crippen molar-refractivity contribution in [2.45, 2.75) is 76.2 Å². The number of rotatable bonds is 7. The molecule has 0 radical (unpaired) electrons. The van der Waals surface area contributed by atoms with Crippen molar-refractivity contribution < 1.29 is 0 Å². The van der Waals surface area contributed by atoms with Crippen LogP contribution in [0.5, 0.6) is 0 Å². The van der Waals surface area contributed by atoms with Gasteiger partial charge >= 0.3 is 0 Å². The molecule has 5 unspecified atom stereocenters. The molecule has 0 nitrogen and oxygen atoms in total. The molecule has 3 aromatic carbocycles. The number of fused-ring (bicyclic) bond motifs is 1. The fraction of sp³-hybridized carbons (Fsp3) is 0.515. The molecule has 0 saturated heterocycles. The van der Waals surface area contributed by atoms with Crippen LogP contribution in [0, 0.1) is 5.92 Å². The average molecular weight is 1700 g/mol. The van der Waals surface area contributed by atoms with E-state index in [1.165, 1.54) is 21.9 Å². The van der Waals surface area contributed by atoms with E-state index in [4.69, 9.17) is 0 Å². The molecule has 3 aromatic rings. The molecule has 0 aromatic heterocycles. The molecule has 0 heterocycles. The first-order valence-corrected chi connectivity index (χ1v) is 27.8. The molecule has 16 heteroatoms. The Morgan fingerprint density at radius 2 is 1.12 bits per heavy atom. The summed E-state index contributed by atoms with van der Waals surface area (Å²) in [5.74, 6) is 0.199. The highest BCUT2D eigenvalue weighted by Crippen LogP contribution is 2.88. The van der Waals surface area contributed by atoms with Gasteiger partial charge in [-0.25, -0.2) is 0 Å². The second kappa shape index (κ2) is 14.7. The fourth-order valence-electron chi connectivity index (χ4n) is 7.64. The summed E-state index contributed by atoms with van der Waals surface area (Å²) in [6, 6.07) is 20.0. The van der Waals surface area contributed by atoms with Crippen LogP contribution in [0.1, 0.15) is 65.3 Å². The van der Waals surface area contributed by atoms with Crippen LogP contribution in [-0.2, 0) is 19.4 Å². The Bertz CT molecular complexity index is 1820. The summed E-state index contributed by atoms with van der Waals surface area (Å²) in [4.78, 5) is -0.139. The summed E-state index contributed by atoms with van der Waals surface area (Å²) in [5, 5.41) is 2.60. The van der Waals surface area contributed by atoms with Crippen LogP contribution >= 0.6 is 255 Å². The van der Waals surface area contributed by atoms with Gasteiger partial charge in [-0.1, -0.05) is 329 Å². The topological polar surface area (TPSA) is 0 Å². The summed E-state index contributed by atoms with van der Waals surface area (Å²) in [5.41, 5.74) is 5.96. The Labute approximate surface area is 422 Å². The van der Waals surface area contributed by atoms with E-state index in [0.717, 1.165) is 48.8 Å². The van der Waals surface area contributed by atoms with Crippen LogP contribution in [0.2, 0.25) is 0 Å². The Morgan fingerprint density at radius 1 is 0.571 bits per heavy atom. The molecule has 0 fully saturated rings. The Balaban J connectivity index is 1.44. The lowest BCUT2D eigenvalue weighted by Crippen LogP contribution is -2.78. The maximum atomic E-state index is 4.46. The van der Waals surface area contributed by atoms with Gasteiger partial charge in [-0.2, -0.15) is 0 Å². The number of aryl methyl sites for hydroxylation is 1. The van der Waals surface area contributed by atoms with Crippen molar-refractivity contribution in [2.75, 3.05) is 0 Å². The van der Waals surface area contributed by atoms with Crippen molar-refractivity contribution in [3.63, 3.8) is 0 Å². The average Bonchev–Trinajstić information content (AvgIpc) is 3.03. The number of hydrogen-bond acceptors (Lipinski definition) is 0. The van der Waals surface area contributed by atoms with Crippen molar-refractivity contribution >= 4 is 266 Å². The minimum Gasteiger partial charge on any atom is -0.0813 e. The second-order valence-corrected chi connectivity index (χ2v) is 38.3. The monoisotopic (exact) mass is 1680 g/mol. The summed E-state index contributed by atoms with van der Waals surface area (Å²) >= 11 is 67.8. The van der Waals surface area contributed by atoms with Crippen LogP contribution in [0.25, 0.3) is 10.8 Å². The zero-order valence-corrected chi connectivity index (χ0v) is 50.3. The van der Waals surface area contributed by atoms with E-state index in [1.54, 1.807) is 0 Å². The van der Waals surface area contributed by atoms with Crippen molar-refractivity contribution in [3.8, 4) is 0 Å². The first-order valence-electron chi connectivity index (χ1n) is 15.0. The van der Waals surface area contributed by atoms with E-state index < -0.39 is 32.4 Å². The van der Waals surface area contributed by atoms with E-state index in [-0.39, 0.29) is 10.7 Å². The molecule has 49 heavy (non-hydrogen) atoms. The van der Waals surface area contributed by atoms with Crippen LogP contribution in [0.4, 0.5) is 0 Å². The molecule has 3 aliphatic carbocycles. The molecular weight excluding hydrogens is 1670 g/mol. The van der Waals surface area contributed by atoms with Gasteiger partial charge in [-0.15, -0.1) is 0 Å². The lowest BCUT2D eigenvalue weighted by molar-refractivity contribution is 0.286. The van der Waals surface area contributed by atoms with Gasteiger partial charge in [0, 0.05) is 0 Å². The molecule has 0 bridgehead atoms. The van der Waals surface area contributed by atoms with E-state index in [9.17, 15) is 0 Å². The highest BCUT2D eigenvalue weighted by molar-refractivity contribution is 9.33. The Kier molecular flexibility index (Phi) is 13.2. The van der Waals surface area contributed by atoms with Gasteiger partial charge in [-0.05, 0) is 63.8 Å². The van der Waals surface area contributed by atoms with Crippen LogP contribution in [0.3, 0.4) is 0 Å². The fourth-order valence-corrected chi connectivity index (χ4v) is 25.8. The van der Waals surface area contributed by atoms with E-state index in [2.05, 4.69) is 316 Å². The number of hydrogen-bond donors (Lipinski definition) is 0. The Morgan fingerprint density at radius 3 is 1.73 bits per heavy atom. The number of benzene rings is 3. The van der Waals surface area contributed by atoms with Gasteiger partial charge in [0.05, 0.1) is 9.15 Å². The summed E-state index contributed by atoms with van der Waals surface area (Å²) in [7, 11) is 0. The van der Waals surface area contributed by atoms with Gasteiger partial charge in [0.25, 0.3) is 0 Å². The van der Waals surface area contributed by atoms with Gasteiger partial charge in [0.2, 0.25) is 0 Å². The maximum Gasteiger partial charge on any atom is 0.129 e. The zero-order valence-electron chi connectivity index (χ0n) is 24.9. The molecule has 0 saturated carbocycles. The van der Waals surface area contributed by atoms with Crippen LogP contribution in [-0.4, -0.2) is 19.4 Å². The van der Waals surface area contributed by atoms with Crippen molar-refractivity contribution in [1.82, 2.24) is 0 Å². The number of alkyl halides is 16. The predicted molar refractivity (Wildman–Crippen MR) is 269 cm³/mol. The van der Waals surface area contributed by atoms with Gasteiger partial charge in [-0.3, -0.25) is 0 Å². The van der Waals surface area contributed by atoms with E-state index in [0.29, 0.717) is 0 Å². The van der Waals surface area contributed by atoms with Crippen molar-refractivity contribution in [1.29, 1.82) is 0 Å². The normalized spacial score (nSPS) is 33.1. The first-order chi connectivity index (χ1) is 22.3. The van der Waals surface area contributed by atoms with Crippen molar-refractivity contribution in [3.05, 3.63) is 82.4 Å². The Hall–Kier alpha value is 5.60. The van der Waals surface area contributed by atoms with E-state index in [1.807, 2.05) is 0 Å². The highest BCUT2D eigenvalue weighted by atomic mass is 79.9. The van der Waals surface area contributed by atoms with Gasteiger partial charge < -0.3 is 0 Å². The molecular formula is C33H24Br16. The summed E-state index contributed by atoms with van der Waals surface area (Å²) in [6.07, 6.45) is 5.50. The summed E-state index contributed by atoms with van der Waals surface area (Å²) in [6.45, 7) is 2.35. The van der Waals surface area contributed by atoms with Crippen molar-refractivity contribution in [2.24, 2.45) is 5.92 Å². The molecule has 6 rings (SSSR count). The lowest BCUT2D eigenvalue weighted by atomic mass is 9.60. The quantitative estimate of drug-likeness (QED) is 0.163. The highest BCUT2D eigenvalue weighted by Gasteiger charge is 2.87. The zero-order chi connectivity index (χ0) is 36.6. The molecule has 0 spiro atoms. The molecule has 3 aliphatic rings. The molecule has 0 N–H and O–H groups in total. The number of halogens is 16. The third kappa shape index (κ3) is 5.82. The maximum absolute atomic E-state index is 4.46. The number of unbranched alkanes of at least 4 members (excludes halogenated alkanes) is 2. The smallest absolute Gasteiger partial charge is 0.0813 e. The lowest BCUT2D eigenvalue weighted by Gasteiger charge is -2.72. The SMILES string of the molecule is CC(CCCCCc1ccc2ccccc2c1)C1(Br)c2ccc3c4c2C(Br)(C(Br)(Br)C1(Br)Br)C(Br)(Br)C(Br)(Br)C4(Br)C(Br)(Br)C(Br)(Br)C3Br. The second-order valence-electron chi connectivity index (χ2n) is 13.0. The van der Waals surface area contributed by atoms with Gasteiger partial charge in [0.15, 0.2) is 0 Å².